The molecule has 1 amide bonds. The first kappa shape index (κ1) is 16.5. The van der Waals surface area contributed by atoms with Gasteiger partial charge in [0.15, 0.2) is 0 Å². The van der Waals surface area contributed by atoms with Crippen LogP contribution in [-0.4, -0.2) is 24.2 Å². The van der Waals surface area contributed by atoms with E-state index in [9.17, 15) is 4.79 Å². The molecule has 1 aromatic heterocycles. The Balaban J connectivity index is 2.04. The van der Waals surface area contributed by atoms with Crippen LogP contribution in [0.2, 0.25) is 0 Å². The highest BCUT2D eigenvalue weighted by Crippen LogP contribution is 2.50. The highest BCUT2D eigenvalue weighted by Gasteiger charge is 2.62. The number of nitrogens with one attached hydrogen (secondary N) is 1. The zero-order chi connectivity index (χ0) is 15.8. The lowest BCUT2D eigenvalue weighted by molar-refractivity contribution is -0.171. The molecule has 3 unspecified atom stereocenters. The molecule has 2 rings (SSSR count). The first-order chi connectivity index (χ1) is 9.72. The van der Waals surface area contributed by atoms with Crippen LogP contribution in [0.1, 0.15) is 49.9 Å². The summed E-state index contributed by atoms with van der Waals surface area (Å²) in [5.41, 5.74) is 5.18. The Morgan fingerprint density at radius 1 is 1.57 bits per heavy atom. The van der Waals surface area contributed by atoms with Crippen LogP contribution in [0.25, 0.3) is 0 Å². The molecule has 1 fully saturated rings. The van der Waals surface area contributed by atoms with Crippen LogP contribution in [0.4, 0.5) is 0 Å². The molecule has 1 aliphatic rings. The van der Waals surface area contributed by atoms with Crippen molar-refractivity contribution < 1.29 is 9.53 Å². The van der Waals surface area contributed by atoms with Crippen molar-refractivity contribution in [2.75, 3.05) is 6.61 Å². The van der Waals surface area contributed by atoms with Gasteiger partial charge >= 0.3 is 0 Å². The molecule has 5 heteroatoms. The number of nitrogens with two attached hydrogens (primary N) is 1. The molecule has 3 atom stereocenters. The van der Waals surface area contributed by atoms with Crippen LogP contribution in [0.3, 0.4) is 0 Å². The lowest BCUT2D eigenvalue weighted by atomic mass is 9.54. The topological polar surface area (TPSA) is 64.3 Å². The third-order valence-corrected chi connectivity index (χ3v) is 5.95. The average Bonchev–Trinajstić information content (AvgIpc) is 2.84. The van der Waals surface area contributed by atoms with Crippen molar-refractivity contribution in [1.29, 1.82) is 0 Å². The van der Waals surface area contributed by atoms with Crippen molar-refractivity contribution >= 4 is 17.2 Å². The summed E-state index contributed by atoms with van der Waals surface area (Å²) < 4.78 is 5.67. The second-order valence-electron chi connectivity index (χ2n) is 6.48. The molecule has 0 aliphatic heterocycles. The summed E-state index contributed by atoms with van der Waals surface area (Å²) in [6.45, 7) is 10.7. The molecular weight excluding hydrogens is 284 g/mol. The number of rotatable bonds is 5. The third-order valence-electron chi connectivity index (χ3n) is 4.77. The highest BCUT2D eigenvalue weighted by molar-refractivity contribution is 7.12. The van der Waals surface area contributed by atoms with Gasteiger partial charge in [-0.15, -0.1) is 11.3 Å². The van der Waals surface area contributed by atoms with Crippen molar-refractivity contribution in [2.45, 2.75) is 58.7 Å². The van der Waals surface area contributed by atoms with E-state index < -0.39 is 5.54 Å². The van der Waals surface area contributed by atoms with Crippen LogP contribution in [0.5, 0.6) is 0 Å². The highest BCUT2D eigenvalue weighted by atomic mass is 32.1. The van der Waals surface area contributed by atoms with Gasteiger partial charge in [0, 0.05) is 28.2 Å². The summed E-state index contributed by atoms with van der Waals surface area (Å²) >= 11 is 1.70. The largest absolute Gasteiger partial charge is 0.378 e. The maximum absolute atomic E-state index is 12.6. The second kappa shape index (κ2) is 5.71. The van der Waals surface area contributed by atoms with Crippen molar-refractivity contribution in [3.05, 3.63) is 21.9 Å². The molecule has 1 aliphatic carbocycles. The van der Waals surface area contributed by atoms with Gasteiger partial charge in [-0.2, -0.15) is 0 Å². The van der Waals surface area contributed by atoms with E-state index >= 15 is 0 Å². The van der Waals surface area contributed by atoms with E-state index in [1.54, 1.807) is 11.3 Å². The molecule has 0 radical (unpaired) electrons. The predicted octanol–water partition coefficient (Wildman–Crippen LogP) is 2.77. The molecule has 0 saturated heterocycles. The van der Waals surface area contributed by atoms with Gasteiger partial charge in [0.25, 0.3) is 0 Å². The smallest absolute Gasteiger partial charge is 0.241 e. The number of aryl methyl sites for hydroxylation is 1. The fourth-order valence-electron chi connectivity index (χ4n) is 2.90. The number of carbonyl (C=O) groups excluding carboxylic acids is 1. The number of thiophene rings is 1. The minimum Gasteiger partial charge on any atom is -0.378 e. The maximum Gasteiger partial charge on any atom is 0.241 e. The summed E-state index contributed by atoms with van der Waals surface area (Å²) in [4.78, 5) is 15.0. The van der Waals surface area contributed by atoms with Gasteiger partial charge in [-0.05, 0) is 32.9 Å². The zero-order valence-corrected chi connectivity index (χ0v) is 14.3. The van der Waals surface area contributed by atoms with E-state index in [0.29, 0.717) is 13.0 Å². The summed E-state index contributed by atoms with van der Waals surface area (Å²) in [7, 11) is 0. The fraction of sp³-hybridized carbons (Fsp3) is 0.688. The first-order valence-corrected chi connectivity index (χ1v) is 8.31. The maximum atomic E-state index is 12.6. The molecule has 118 valence electrons. The summed E-state index contributed by atoms with van der Waals surface area (Å²) in [5, 5.41) is 3.06. The van der Waals surface area contributed by atoms with Crippen LogP contribution in [0.15, 0.2) is 12.1 Å². The van der Waals surface area contributed by atoms with E-state index in [4.69, 9.17) is 10.5 Å². The molecule has 0 bridgehead atoms. The number of ether oxygens (including phenoxy) is 1. The molecule has 0 spiro atoms. The molecule has 0 aromatic carbocycles. The molecule has 4 nitrogen and oxygen atoms in total. The Hall–Kier alpha value is -0.910. The summed E-state index contributed by atoms with van der Waals surface area (Å²) in [6, 6.07) is 4.11. The summed E-state index contributed by atoms with van der Waals surface area (Å²) in [5.74, 6) is -0.0815. The summed E-state index contributed by atoms with van der Waals surface area (Å²) in [6.07, 6.45) is 0.633. The van der Waals surface area contributed by atoms with E-state index in [0.717, 1.165) is 4.88 Å². The zero-order valence-electron chi connectivity index (χ0n) is 13.5. The Morgan fingerprint density at radius 3 is 2.71 bits per heavy atom. The van der Waals surface area contributed by atoms with Gasteiger partial charge < -0.3 is 15.8 Å². The third kappa shape index (κ3) is 2.74. The minimum atomic E-state index is -0.854. The number of carbonyl (C=O) groups is 1. The number of amides is 1. The molecule has 3 N–H and O–H groups in total. The normalized spacial score (nSPS) is 28.8. The Labute approximate surface area is 131 Å². The lowest BCUT2D eigenvalue weighted by Gasteiger charge is -2.57. The molecule has 21 heavy (non-hydrogen) atoms. The van der Waals surface area contributed by atoms with Gasteiger partial charge in [0.2, 0.25) is 5.91 Å². The van der Waals surface area contributed by atoms with Gasteiger partial charge in [0.1, 0.15) is 5.54 Å². The van der Waals surface area contributed by atoms with Crippen LogP contribution >= 0.6 is 11.3 Å². The Kier molecular flexibility index (Phi) is 4.47. The van der Waals surface area contributed by atoms with Gasteiger partial charge in [-0.1, -0.05) is 13.8 Å². The SMILES string of the molecule is CCOC1CC(N)(C(=O)NC(C)c2ccc(C)s2)C1(C)C. The van der Waals surface area contributed by atoms with Crippen LogP contribution in [-0.2, 0) is 9.53 Å². The standard InChI is InChI=1S/C16H26N2O2S/c1-6-20-13-9-16(17,15(13,4)5)14(19)18-11(3)12-8-7-10(2)21-12/h7-8,11,13H,6,9,17H2,1-5H3,(H,18,19). The van der Waals surface area contributed by atoms with Gasteiger partial charge in [0.05, 0.1) is 12.1 Å². The monoisotopic (exact) mass is 310 g/mol. The molecular formula is C16H26N2O2S. The molecule has 1 heterocycles. The van der Waals surface area contributed by atoms with E-state index in [1.165, 1.54) is 4.88 Å². The number of hydrogen-bond donors (Lipinski definition) is 2. The van der Waals surface area contributed by atoms with Crippen molar-refractivity contribution in [1.82, 2.24) is 5.32 Å². The van der Waals surface area contributed by atoms with Crippen molar-refractivity contribution in [3.63, 3.8) is 0 Å². The fourth-order valence-corrected chi connectivity index (χ4v) is 3.78. The number of hydrogen-bond acceptors (Lipinski definition) is 4. The average molecular weight is 310 g/mol. The Bertz CT molecular complexity index is 526. The Morgan fingerprint density at radius 2 is 2.24 bits per heavy atom. The predicted molar refractivity (Wildman–Crippen MR) is 86.3 cm³/mol. The lowest BCUT2D eigenvalue weighted by Crippen LogP contribution is -2.75. The minimum absolute atomic E-state index is 0.0152. The molecule has 1 aromatic rings. The quantitative estimate of drug-likeness (QED) is 0.879. The van der Waals surface area contributed by atoms with E-state index in [-0.39, 0.29) is 23.5 Å². The van der Waals surface area contributed by atoms with Crippen LogP contribution in [0, 0.1) is 12.3 Å². The van der Waals surface area contributed by atoms with Crippen molar-refractivity contribution in [2.24, 2.45) is 11.1 Å². The van der Waals surface area contributed by atoms with Crippen molar-refractivity contribution in [3.8, 4) is 0 Å². The van der Waals surface area contributed by atoms with Gasteiger partial charge in [-0.3, -0.25) is 4.79 Å². The molecule has 1 saturated carbocycles. The first-order valence-electron chi connectivity index (χ1n) is 7.50. The van der Waals surface area contributed by atoms with Crippen LogP contribution < -0.4 is 11.1 Å². The van der Waals surface area contributed by atoms with Gasteiger partial charge in [-0.25, -0.2) is 0 Å². The van der Waals surface area contributed by atoms with E-state index in [1.807, 2.05) is 27.7 Å². The van der Waals surface area contributed by atoms with E-state index in [2.05, 4.69) is 24.4 Å². The second-order valence-corrected chi connectivity index (χ2v) is 7.80.